The Labute approximate surface area is 198 Å². The van der Waals surface area contributed by atoms with Crippen LogP contribution in [0.3, 0.4) is 0 Å². The Bertz CT molecular complexity index is 1400. The van der Waals surface area contributed by atoms with Gasteiger partial charge in [0, 0.05) is 22.6 Å². The van der Waals surface area contributed by atoms with Gasteiger partial charge in [-0.2, -0.15) is 13.9 Å². The second-order valence-corrected chi connectivity index (χ2v) is 7.95. The molecule has 0 N–H and O–H groups in total. The monoisotopic (exact) mass is 509 g/mol. The molecule has 0 spiro atoms. The van der Waals surface area contributed by atoms with E-state index in [1.807, 2.05) is 0 Å². The van der Waals surface area contributed by atoms with E-state index in [0.29, 0.717) is 17.3 Å². The fraction of sp³-hybridized carbons (Fsp3) is 0.0435. The number of ether oxygens (including phenoxy) is 1. The molecule has 0 unspecified atom stereocenters. The van der Waals surface area contributed by atoms with Crippen LogP contribution in [-0.2, 0) is 0 Å². The second kappa shape index (κ2) is 10.2. The molecule has 4 rings (SSSR count). The van der Waals surface area contributed by atoms with Crippen LogP contribution in [0.4, 0.5) is 27.6 Å². The summed E-state index contributed by atoms with van der Waals surface area (Å²) in [5, 5.41) is 6.05. The molecule has 0 saturated carbocycles. The number of benzene rings is 3. The predicted octanol–water partition coefficient (Wildman–Crippen LogP) is 7.00. The van der Waals surface area contributed by atoms with Crippen molar-refractivity contribution in [3.05, 3.63) is 98.9 Å². The molecular weight excluding hydrogens is 497 g/mol. The maximum atomic E-state index is 14.2. The summed E-state index contributed by atoms with van der Waals surface area (Å²) in [4.78, 5) is 4.40. The maximum Gasteiger partial charge on any atom is 0.387 e. The zero-order valence-electron chi connectivity index (χ0n) is 16.9. The molecule has 4 nitrogen and oxygen atoms in total. The van der Waals surface area contributed by atoms with Gasteiger partial charge in [-0.3, -0.25) is 0 Å². The topological polar surface area (TPSA) is 38.9 Å². The van der Waals surface area contributed by atoms with Crippen LogP contribution in [0, 0.1) is 17.5 Å². The largest absolute Gasteiger partial charge is 0.435 e. The van der Waals surface area contributed by atoms with Gasteiger partial charge in [-0.15, -0.1) is 11.3 Å². The van der Waals surface area contributed by atoms with Gasteiger partial charge in [0.2, 0.25) is 4.80 Å². The van der Waals surface area contributed by atoms with Gasteiger partial charge >= 0.3 is 6.61 Å². The van der Waals surface area contributed by atoms with Gasteiger partial charge in [0.05, 0.1) is 16.9 Å². The lowest BCUT2D eigenvalue weighted by atomic mass is 10.2. The molecule has 0 aliphatic rings. The molecule has 0 radical (unpaired) electrons. The van der Waals surface area contributed by atoms with Crippen molar-refractivity contribution >= 4 is 34.8 Å². The molecule has 0 bridgehead atoms. The van der Waals surface area contributed by atoms with Crippen LogP contribution < -0.4 is 9.54 Å². The SMILES string of the molecule is Fc1ccc(N=c2scc(-c3ccc(OC(F)F)cc3)n2/N=C/c2c(F)cccc2Cl)c(F)c1. The van der Waals surface area contributed by atoms with E-state index < -0.39 is 24.1 Å². The zero-order valence-corrected chi connectivity index (χ0v) is 18.5. The van der Waals surface area contributed by atoms with Crippen molar-refractivity contribution in [1.29, 1.82) is 0 Å². The van der Waals surface area contributed by atoms with E-state index in [-0.39, 0.29) is 26.8 Å². The lowest BCUT2D eigenvalue weighted by Gasteiger charge is -2.07. The Hall–Kier alpha value is -3.50. The fourth-order valence-corrected chi connectivity index (χ4v) is 3.98. The van der Waals surface area contributed by atoms with Crippen molar-refractivity contribution in [1.82, 2.24) is 4.68 Å². The number of halogens is 6. The van der Waals surface area contributed by atoms with Crippen LogP contribution in [0.25, 0.3) is 11.3 Å². The zero-order chi connectivity index (χ0) is 24.2. The molecule has 0 aliphatic carbocycles. The highest BCUT2D eigenvalue weighted by Gasteiger charge is 2.12. The third-order valence-corrected chi connectivity index (χ3v) is 5.63. The van der Waals surface area contributed by atoms with Crippen LogP contribution in [0.15, 0.2) is 76.1 Å². The van der Waals surface area contributed by atoms with E-state index in [1.54, 1.807) is 5.38 Å². The minimum absolute atomic E-state index is 0.0217. The van der Waals surface area contributed by atoms with Crippen LogP contribution in [-0.4, -0.2) is 17.5 Å². The van der Waals surface area contributed by atoms with Crippen LogP contribution >= 0.6 is 22.9 Å². The van der Waals surface area contributed by atoms with Gasteiger partial charge in [-0.1, -0.05) is 17.7 Å². The summed E-state index contributed by atoms with van der Waals surface area (Å²) in [5.74, 6) is -2.28. The first-order valence-electron chi connectivity index (χ1n) is 9.56. The van der Waals surface area contributed by atoms with Crippen molar-refractivity contribution in [3.8, 4) is 17.0 Å². The standard InChI is InChI=1S/C23H13ClF5N3OS/c24-17-2-1-3-18(26)16(17)11-30-32-21(13-4-7-15(8-5-13)33-22(28)29)12-34-23(32)31-20-9-6-14(25)10-19(20)27/h1-12,22H/b30-11+,31-23?. The molecule has 4 aromatic rings. The molecule has 1 aromatic heterocycles. The lowest BCUT2D eigenvalue weighted by molar-refractivity contribution is -0.0498. The van der Waals surface area contributed by atoms with Crippen LogP contribution in [0.5, 0.6) is 5.75 Å². The Morgan fingerprint density at radius 3 is 2.41 bits per heavy atom. The Morgan fingerprint density at radius 2 is 1.74 bits per heavy atom. The molecule has 34 heavy (non-hydrogen) atoms. The smallest absolute Gasteiger partial charge is 0.387 e. The highest BCUT2D eigenvalue weighted by Crippen LogP contribution is 2.25. The Morgan fingerprint density at radius 1 is 0.971 bits per heavy atom. The first-order valence-corrected chi connectivity index (χ1v) is 10.8. The summed E-state index contributed by atoms with van der Waals surface area (Å²) < 4.78 is 72.2. The molecule has 1 heterocycles. The normalized spacial score (nSPS) is 12.1. The number of hydrogen-bond donors (Lipinski definition) is 0. The van der Waals surface area contributed by atoms with E-state index in [4.69, 9.17) is 11.6 Å². The number of rotatable bonds is 6. The van der Waals surface area contributed by atoms with Gasteiger partial charge in [-0.25, -0.2) is 22.8 Å². The van der Waals surface area contributed by atoms with E-state index >= 15 is 0 Å². The van der Waals surface area contributed by atoms with Crippen molar-refractivity contribution in [2.75, 3.05) is 0 Å². The quantitative estimate of drug-likeness (QED) is 0.204. The molecular formula is C23H13ClF5N3OS. The predicted molar refractivity (Wildman–Crippen MR) is 120 cm³/mol. The first kappa shape index (κ1) is 23.7. The summed E-state index contributed by atoms with van der Waals surface area (Å²) in [7, 11) is 0. The number of hydrogen-bond acceptors (Lipinski definition) is 4. The summed E-state index contributed by atoms with van der Waals surface area (Å²) in [6, 6.07) is 12.8. The van der Waals surface area contributed by atoms with E-state index in [0.717, 1.165) is 17.4 Å². The average Bonchev–Trinajstić information content (AvgIpc) is 3.18. The van der Waals surface area contributed by atoms with Gasteiger partial charge in [0.15, 0.2) is 5.82 Å². The maximum absolute atomic E-state index is 14.2. The number of thiazole rings is 1. The molecule has 0 amide bonds. The number of aromatic nitrogens is 1. The number of nitrogens with zero attached hydrogens (tertiary/aromatic N) is 3. The van der Waals surface area contributed by atoms with Crippen LogP contribution in [0.2, 0.25) is 5.02 Å². The molecule has 0 atom stereocenters. The van der Waals surface area contributed by atoms with Crippen molar-refractivity contribution in [2.45, 2.75) is 6.61 Å². The minimum Gasteiger partial charge on any atom is -0.435 e. The highest BCUT2D eigenvalue weighted by molar-refractivity contribution is 7.07. The van der Waals surface area contributed by atoms with Crippen molar-refractivity contribution < 1.29 is 26.7 Å². The van der Waals surface area contributed by atoms with Gasteiger partial charge in [0.25, 0.3) is 0 Å². The number of alkyl halides is 2. The van der Waals surface area contributed by atoms with Gasteiger partial charge < -0.3 is 4.74 Å². The molecule has 0 aliphatic heterocycles. The van der Waals surface area contributed by atoms with Crippen LogP contribution in [0.1, 0.15) is 5.56 Å². The second-order valence-electron chi connectivity index (χ2n) is 6.71. The fourth-order valence-electron chi connectivity index (χ4n) is 2.92. The van der Waals surface area contributed by atoms with E-state index in [2.05, 4.69) is 14.8 Å². The van der Waals surface area contributed by atoms with Gasteiger partial charge in [0.1, 0.15) is 23.1 Å². The molecule has 174 valence electrons. The highest BCUT2D eigenvalue weighted by atomic mass is 35.5. The molecule has 11 heteroatoms. The summed E-state index contributed by atoms with van der Waals surface area (Å²) in [6.07, 6.45) is 1.18. The van der Waals surface area contributed by atoms with Gasteiger partial charge in [-0.05, 0) is 48.5 Å². The molecule has 3 aromatic carbocycles. The van der Waals surface area contributed by atoms with Crippen molar-refractivity contribution in [3.63, 3.8) is 0 Å². The molecule has 0 saturated heterocycles. The minimum atomic E-state index is -2.97. The van der Waals surface area contributed by atoms with E-state index in [9.17, 15) is 22.0 Å². The summed E-state index contributed by atoms with van der Waals surface area (Å²) >= 11 is 7.15. The first-order chi connectivity index (χ1) is 16.3. The summed E-state index contributed by atoms with van der Waals surface area (Å²) in [6.45, 7) is -2.97. The molecule has 0 fully saturated rings. The van der Waals surface area contributed by atoms with E-state index in [1.165, 1.54) is 59.4 Å². The summed E-state index contributed by atoms with van der Waals surface area (Å²) in [5.41, 5.74) is 0.867. The van der Waals surface area contributed by atoms with Crippen molar-refractivity contribution in [2.24, 2.45) is 10.1 Å². The Kier molecular flexibility index (Phi) is 7.09. The third kappa shape index (κ3) is 5.35. The average molecular weight is 510 g/mol. The lowest BCUT2D eigenvalue weighted by Crippen LogP contribution is -2.12. The third-order valence-electron chi connectivity index (χ3n) is 4.49. The Balaban J connectivity index is 1.84.